The van der Waals surface area contributed by atoms with Crippen LogP contribution in [0.3, 0.4) is 0 Å². The Morgan fingerprint density at radius 2 is 1.71 bits per heavy atom. The van der Waals surface area contributed by atoms with Crippen LogP contribution in [-0.4, -0.2) is 22.1 Å². The van der Waals surface area contributed by atoms with Gasteiger partial charge in [0.15, 0.2) is 0 Å². The van der Waals surface area contributed by atoms with Gasteiger partial charge in [-0.05, 0) is 11.5 Å². The van der Waals surface area contributed by atoms with Gasteiger partial charge in [0.25, 0.3) is 0 Å². The van der Waals surface area contributed by atoms with Gasteiger partial charge in [0, 0.05) is 5.39 Å². The summed E-state index contributed by atoms with van der Waals surface area (Å²) in [5.74, 6) is 6.12. The first-order valence-electron chi connectivity index (χ1n) is 6.22. The van der Waals surface area contributed by atoms with Crippen LogP contribution in [0.15, 0.2) is 42.5 Å². The maximum Gasteiger partial charge on any atom is 0.330 e. The second-order valence-electron chi connectivity index (χ2n) is 4.15. The van der Waals surface area contributed by atoms with Crippen LogP contribution in [0.2, 0.25) is 0 Å². The Bertz CT molecular complexity index is 751. The molecule has 0 unspecified atom stereocenters. The quantitative estimate of drug-likeness (QED) is 0.559. The molecule has 0 atom stereocenters. The number of benzene rings is 2. The first-order valence-corrected chi connectivity index (χ1v) is 6.22. The van der Waals surface area contributed by atoms with Crippen LogP contribution in [0.25, 0.3) is 10.8 Å². The van der Waals surface area contributed by atoms with Gasteiger partial charge in [-0.15, -0.1) is 4.98 Å². The highest BCUT2D eigenvalue weighted by Crippen LogP contribution is 2.28. The van der Waals surface area contributed by atoms with Crippen LogP contribution in [0.4, 0.5) is 5.95 Å². The summed E-state index contributed by atoms with van der Waals surface area (Å²) in [7, 11) is 1.46. The Morgan fingerprint density at radius 1 is 0.952 bits per heavy atom. The number of ether oxygens (including phenoxy) is 2. The molecule has 0 bridgehead atoms. The summed E-state index contributed by atoms with van der Waals surface area (Å²) in [6.45, 7) is 0. The minimum atomic E-state index is 0.103. The van der Waals surface area contributed by atoms with Gasteiger partial charge in [0.1, 0.15) is 5.75 Å². The molecule has 2 aromatic carbocycles. The van der Waals surface area contributed by atoms with Gasteiger partial charge in [-0.2, -0.15) is 9.97 Å². The molecule has 0 aliphatic heterocycles. The summed E-state index contributed by atoms with van der Waals surface area (Å²) >= 11 is 0. The zero-order chi connectivity index (χ0) is 14.7. The van der Waals surface area contributed by atoms with E-state index in [2.05, 4.69) is 20.4 Å². The largest absolute Gasteiger partial charge is 0.467 e. The van der Waals surface area contributed by atoms with Gasteiger partial charge in [0.2, 0.25) is 5.95 Å². The molecule has 3 aromatic rings. The fraction of sp³-hybridized carbons (Fsp3) is 0.0714. The topological polar surface area (TPSA) is 95.2 Å². The monoisotopic (exact) mass is 283 g/mol. The van der Waals surface area contributed by atoms with Crippen LogP contribution in [0, 0.1) is 0 Å². The first-order chi connectivity index (χ1) is 10.3. The highest BCUT2D eigenvalue weighted by molar-refractivity contribution is 5.88. The summed E-state index contributed by atoms with van der Waals surface area (Å²) in [6.07, 6.45) is 0. The van der Waals surface area contributed by atoms with E-state index in [4.69, 9.17) is 15.3 Å². The van der Waals surface area contributed by atoms with Crippen molar-refractivity contribution < 1.29 is 9.47 Å². The van der Waals surface area contributed by atoms with Crippen molar-refractivity contribution in [3.63, 3.8) is 0 Å². The Labute approximate surface area is 120 Å². The van der Waals surface area contributed by atoms with E-state index < -0.39 is 0 Å². The molecule has 0 saturated heterocycles. The molecule has 0 aliphatic carbocycles. The second-order valence-corrected chi connectivity index (χ2v) is 4.15. The summed E-state index contributed by atoms with van der Waals surface area (Å²) in [5.41, 5.74) is 2.34. The standard InChI is InChI=1S/C14H13N5O2/c1-20-13-16-12(19-15)17-14(18-13)21-11-8-4-6-9-5-2-3-7-10(9)11/h2-8H,15H2,1H3,(H,16,17,18,19). The highest BCUT2D eigenvalue weighted by Gasteiger charge is 2.10. The summed E-state index contributed by atoms with van der Waals surface area (Å²) in [6, 6.07) is 13.8. The average Bonchev–Trinajstić information content (AvgIpc) is 2.55. The van der Waals surface area contributed by atoms with Crippen molar-refractivity contribution in [1.29, 1.82) is 0 Å². The Kier molecular flexibility index (Phi) is 3.48. The lowest BCUT2D eigenvalue weighted by Gasteiger charge is -2.09. The molecule has 0 saturated carbocycles. The van der Waals surface area contributed by atoms with Crippen LogP contribution < -0.4 is 20.7 Å². The molecular weight excluding hydrogens is 270 g/mol. The number of nitrogens with two attached hydrogens (primary N) is 1. The Morgan fingerprint density at radius 3 is 2.52 bits per heavy atom. The summed E-state index contributed by atoms with van der Waals surface area (Å²) < 4.78 is 10.7. The van der Waals surface area contributed by atoms with Gasteiger partial charge >= 0.3 is 12.0 Å². The van der Waals surface area contributed by atoms with Gasteiger partial charge in [-0.1, -0.05) is 36.4 Å². The van der Waals surface area contributed by atoms with Crippen molar-refractivity contribution in [2.45, 2.75) is 0 Å². The van der Waals surface area contributed by atoms with E-state index in [0.717, 1.165) is 10.8 Å². The molecule has 106 valence electrons. The lowest BCUT2D eigenvalue weighted by atomic mass is 10.1. The molecular formula is C14H13N5O2. The predicted molar refractivity (Wildman–Crippen MR) is 78.2 cm³/mol. The van der Waals surface area contributed by atoms with Gasteiger partial charge in [-0.25, -0.2) is 5.84 Å². The molecule has 0 fully saturated rings. The summed E-state index contributed by atoms with van der Waals surface area (Å²) in [5, 5.41) is 2.02. The highest BCUT2D eigenvalue weighted by atomic mass is 16.5. The lowest BCUT2D eigenvalue weighted by Crippen LogP contribution is -2.12. The fourth-order valence-corrected chi connectivity index (χ4v) is 1.92. The van der Waals surface area contributed by atoms with Crippen molar-refractivity contribution in [3.05, 3.63) is 42.5 Å². The van der Waals surface area contributed by atoms with E-state index in [1.165, 1.54) is 7.11 Å². The van der Waals surface area contributed by atoms with Crippen LogP contribution in [-0.2, 0) is 0 Å². The van der Waals surface area contributed by atoms with E-state index in [1.54, 1.807) is 0 Å². The lowest BCUT2D eigenvalue weighted by molar-refractivity contribution is 0.361. The number of nitrogens with one attached hydrogen (secondary N) is 1. The van der Waals surface area contributed by atoms with E-state index in [0.29, 0.717) is 5.75 Å². The maximum atomic E-state index is 5.74. The van der Waals surface area contributed by atoms with Gasteiger partial charge in [-0.3, -0.25) is 5.43 Å². The van der Waals surface area contributed by atoms with Gasteiger partial charge in [0.05, 0.1) is 7.11 Å². The Hall–Kier alpha value is -2.93. The normalized spacial score (nSPS) is 10.4. The third-order valence-electron chi connectivity index (χ3n) is 2.86. The number of hydrogen-bond donors (Lipinski definition) is 2. The number of hydrazine groups is 1. The number of nitrogen functional groups attached to an aromatic ring is 1. The number of fused-ring (bicyclic) bond motifs is 1. The van der Waals surface area contributed by atoms with E-state index in [1.807, 2.05) is 42.5 Å². The van der Waals surface area contributed by atoms with Crippen LogP contribution >= 0.6 is 0 Å². The van der Waals surface area contributed by atoms with Crippen molar-refractivity contribution in [1.82, 2.24) is 15.0 Å². The molecule has 0 spiro atoms. The summed E-state index contributed by atoms with van der Waals surface area (Å²) in [4.78, 5) is 12.0. The maximum absolute atomic E-state index is 5.74. The molecule has 7 heteroatoms. The fourth-order valence-electron chi connectivity index (χ4n) is 1.92. The minimum Gasteiger partial charge on any atom is -0.467 e. The number of methoxy groups -OCH3 is 1. The van der Waals surface area contributed by atoms with E-state index in [-0.39, 0.29) is 18.0 Å². The number of hydrogen-bond acceptors (Lipinski definition) is 7. The zero-order valence-corrected chi connectivity index (χ0v) is 11.3. The van der Waals surface area contributed by atoms with Gasteiger partial charge < -0.3 is 9.47 Å². The average molecular weight is 283 g/mol. The molecule has 3 rings (SSSR count). The molecule has 7 nitrogen and oxygen atoms in total. The smallest absolute Gasteiger partial charge is 0.330 e. The molecule has 0 amide bonds. The molecule has 0 radical (unpaired) electrons. The molecule has 1 heterocycles. The number of anilines is 1. The van der Waals surface area contributed by atoms with E-state index in [9.17, 15) is 0 Å². The van der Waals surface area contributed by atoms with Crippen LogP contribution in [0.5, 0.6) is 17.8 Å². The predicted octanol–water partition coefficient (Wildman–Crippen LogP) is 2.11. The molecule has 21 heavy (non-hydrogen) atoms. The van der Waals surface area contributed by atoms with Crippen molar-refractivity contribution in [2.24, 2.45) is 5.84 Å². The number of nitrogens with zero attached hydrogens (tertiary/aromatic N) is 3. The SMILES string of the molecule is COc1nc(NN)nc(Oc2cccc3ccccc23)n1. The first kappa shape index (κ1) is 13.1. The molecule has 0 aliphatic rings. The zero-order valence-electron chi connectivity index (χ0n) is 11.3. The number of rotatable bonds is 4. The van der Waals surface area contributed by atoms with Crippen LogP contribution in [0.1, 0.15) is 0 Å². The minimum absolute atomic E-state index is 0.103. The van der Waals surface area contributed by atoms with Crippen molar-refractivity contribution in [3.8, 4) is 17.8 Å². The third-order valence-corrected chi connectivity index (χ3v) is 2.86. The van der Waals surface area contributed by atoms with Crippen molar-refractivity contribution >= 4 is 16.7 Å². The Balaban J connectivity index is 2.02. The number of aromatic nitrogens is 3. The van der Waals surface area contributed by atoms with Crippen molar-refractivity contribution in [2.75, 3.05) is 12.5 Å². The third kappa shape index (κ3) is 2.67. The van der Waals surface area contributed by atoms with E-state index >= 15 is 0 Å². The molecule has 3 N–H and O–H groups in total. The second kappa shape index (κ2) is 5.59. The molecule has 1 aromatic heterocycles.